The maximum atomic E-state index is 10.8. The molecule has 0 aromatic carbocycles. The predicted molar refractivity (Wildman–Crippen MR) is 70.6 cm³/mol. The van der Waals surface area contributed by atoms with E-state index in [-0.39, 0.29) is 6.42 Å². The molecule has 1 saturated heterocycles. The highest BCUT2D eigenvalue weighted by Crippen LogP contribution is 2.36. The molecule has 7 heteroatoms. The Morgan fingerprint density at radius 1 is 1.21 bits per heavy atom. The second kappa shape index (κ2) is 4.57. The van der Waals surface area contributed by atoms with Crippen LogP contribution in [0.2, 0.25) is 0 Å². The molecule has 2 N–H and O–H groups in total. The average molecular weight is 263 g/mol. The van der Waals surface area contributed by atoms with Crippen LogP contribution in [0, 0.1) is 0 Å². The lowest BCUT2D eigenvalue weighted by Gasteiger charge is -2.32. The number of aromatic nitrogens is 2. The predicted octanol–water partition coefficient (Wildman–Crippen LogP) is -0.196. The first kappa shape index (κ1) is 14.0. The third-order valence-electron chi connectivity index (χ3n) is 3.58. The number of nitrogens with two attached hydrogens (primary N) is 1. The van der Waals surface area contributed by atoms with Crippen LogP contribution >= 0.6 is 0 Å². The van der Waals surface area contributed by atoms with Gasteiger partial charge in [0.2, 0.25) is 5.91 Å². The molecule has 0 spiro atoms. The third kappa shape index (κ3) is 2.77. The quantitative estimate of drug-likeness (QED) is 0.763. The molecule has 0 radical (unpaired) electrons. The summed E-state index contributed by atoms with van der Waals surface area (Å²) >= 11 is 0. The molecular weight excluding hydrogens is 245 g/mol. The molecule has 1 aromatic rings. The molecule has 1 aromatic heterocycles. The second-order valence-electron chi connectivity index (χ2n) is 5.66. The molecule has 1 fully saturated rings. The van der Waals surface area contributed by atoms with E-state index in [9.17, 15) is 4.79 Å². The van der Waals surface area contributed by atoms with E-state index in [1.54, 1.807) is 12.4 Å². The zero-order valence-electron chi connectivity index (χ0n) is 11.6. The minimum absolute atomic E-state index is 0.0314. The molecule has 0 bridgehead atoms. The molecule has 2 heterocycles. The Kier molecular flexibility index (Phi) is 3.36. The number of hydrogen-bond donors (Lipinski definition) is 1. The highest BCUT2D eigenvalue weighted by Gasteiger charge is 2.51. The zero-order chi connectivity index (χ0) is 14.3. The number of nitrogens with zero attached hydrogens (tertiary/aromatic N) is 2. The standard InChI is InChI=1S/C12H18BN3O3/c1-11(2)12(3,4)19-13(18-11)8-6-15-10(16-7-8)5-9(14)17/h6-7H,5H2,1-4H3,(H2,14,17). The molecule has 6 nitrogen and oxygen atoms in total. The van der Waals surface area contributed by atoms with Gasteiger partial charge in [0.25, 0.3) is 0 Å². The van der Waals surface area contributed by atoms with Gasteiger partial charge in [0.1, 0.15) is 5.82 Å². The molecule has 1 aliphatic heterocycles. The Morgan fingerprint density at radius 2 is 1.68 bits per heavy atom. The molecule has 1 amide bonds. The number of hydrogen-bond acceptors (Lipinski definition) is 5. The van der Waals surface area contributed by atoms with Crippen LogP contribution in [0.1, 0.15) is 33.5 Å². The van der Waals surface area contributed by atoms with Crippen molar-refractivity contribution in [2.24, 2.45) is 5.73 Å². The molecule has 0 aliphatic carbocycles. The Balaban J connectivity index is 2.14. The van der Waals surface area contributed by atoms with Crippen molar-refractivity contribution in [1.29, 1.82) is 0 Å². The summed E-state index contributed by atoms with van der Waals surface area (Å²) in [6.45, 7) is 7.93. The summed E-state index contributed by atoms with van der Waals surface area (Å²) < 4.78 is 11.8. The molecule has 0 unspecified atom stereocenters. The lowest BCUT2D eigenvalue weighted by Crippen LogP contribution is -2.41. The van der Waals surface area contributed by atoms with Crippen LogP contribution in [-0.4, -0.2) is 34.2 Å². The monoisotopic (exact) mass is 263 g/mol. The maximum absolute atomic E-state index is 10.8. The first-order valence-corrected chi connectivity index (χ1v) is 6.16. The summed E-state index contributed by atoms with van der Waals surface area (Å²) in [5.74, 6) is -0.0591. The van der Waals surface area contributed by atoms with Gasteiger partial charge in [0.15, 0.2) is 0 Å². The van der Waals surface area contributed by atoms with Gasteiger partial charge in [-0.15, -0.1) is 0 Å². The minimum atomic E-state index is -0.493. The van der Waals surface area contributed by atoms with Gasteiger partial charge in [-0.1, -0.05) is 0 Å². The van der Waals surface area contributed by atoms with Crippen molar-refractivity contribution in [3.8, 4) is 0 Å². The maximum Gasteiger partial charge on any atom is 0.498 e. The molecular formula is C12H18BN3O3. The van der Waals surface area contributed by atoms with Crippen LogP contribution in [0.15, 0.2) is 12.4 Å². The van der Waals surface area contributed by atoms with Crippen molar-refractivity contribution in [3.63, 3.8) is 0 Å². The summed E-state index contributed by atoms with van der Waals surface area (Å²) in [6.07, 6.45) is 3.24. The largest absolute Gasteiger partial charge is 0.498 e. The van der Waals surface area contributed by atoms with Gasteiger partial charge in [-0.05, 0) is 27.7 Å². The average Bonchev–Trinajstić information content (AvgIpc) is 2.48. The zero-order valence-corrected chi connectivity index (χ0v) is 11.6. The molecule has 102 valence electrons. The SMILES string of the molecule is CC1(C)OB(c2cnc(CC(N)=O)nc2)OC1(C)C. The van der Waals surface area contributed by atoms with Crippen molar-refractivity contribution in [1.82, 2.24) is 9.97 Å². The van der Waals surface area contributed by atoms with E-state index in [1.807, 2.05) is 27.7 Å². The van der Waals surface area contributed by atoms with Crippen LogP contribution in [0.4, 0.5) is 0 Å². The van der Waals surface area contributed by atoms with Gasteiger partial charge >= 0.3 is 7.12 Å². The number of primary amides is 1. The van der Waals surface area contributed by atoms with Crippen LogP contribution in [-0.2, 0) is 20.5 Å². The van der Waals surface area contributed by atoms with Gasteiger partial charge in [-0.2, -0.15) is 0 Å². The van der Waals surface area contributed by atoms with Crippen LogP contribution in [0.25, 0.3) is 0 Å². The Hall–Kier alpha value is -1.47. The highest BCUT2D eigenvalue weighted by atomic mass is 16.7. The van der Waals surface area contributed by atoms with E-state index >= 15 is 0 Å². The van der Waals surface area contributed by atoms with Crippen molar-refractivity contribution in [2.45, 2.75) is 45.3 Å². The van der Waals surface area contributed by atoms with E-state index < -0.39 is 24.2 Å². The smallest absolute Gasteiger partial charge is 0.399 e. The van der Waals surface area contributed by atoms with Gasteiger partial charge in [-0.25, -0.2) is 9.97 Å². The summed E-state index contributed by atoms with van der Waals surface area (Å²) in [5, 5.41) is 0. The van der Waals surface area contributed by atoms with Gasteiger partial charge < -0.3 is 15.0 Å². The summed E-state index contributed by atoms with van der Waals surface area (Å²) in [4.78, 5) is 18.9. The molecule has 0 saturated carbocycles. The molecule has 0 atom stereocenters. The summed E-state index contributed by atoms with van der Waals surface area (Å²) in [7, 11) is -0.493. The number of carbonyl (C=O) groups is 1. The Labute approximate surface area is 112 Å². The fourth-order valence-corrected chi connectivity index (χ4v) is 1.71. The van der Waals surface area contributed by atoms with Crippen LogP contribution in [0.3, 0.4) is 0 Å². The van der Waals surface area contributed by atoms with Crippen molar-refractivity contribution >= 4 is 18.5 Å². The molecule has 19 heavy (non-hydrogen) atoms. The van der Waals surface area contributed by atoms with Crippen molar-refractivity contribution < 1.29 is 14.1 Å². The van der Waals surface area contributed by atoms with Gasteiger partial charge in [0.05, 0.1) is 17.6 Å². The van der Waals surface area contributed by atoms with E-state index in [0.29, 0.717) is 5.82 Å². The first-order valence-electron chi connectivity index (χ1n) is 6.16. The summed E-state index contributed by atoms with van der Waals surface area (Å²) in [6, 6.07) is 0. The molecule has 1 aliphatic rings. The number of amides is 1. The minimum Gasteiger partial charge on any atom is -0.399 e. The fraction of sp³-hybridized carbons (Fsp3) is 0.583. The highest BCUT2D eigenvalue weighted by molar-refractivity contribution is 6.61. The van der Waals surface area contributed by atoms with Gasteiger partial charge in [-0.3, -0.25) is 4.79 Å². The van der Waals surface area contributed by atoms with Crippen molar-refractivity contribution in [3.05, 3.63) is 18.2 Å². The Bertz CT molecular complexity index is 471. The van der Waals surface area contributed by atoms with E-state index in [2.05, 4.69) is 9.97 Å². The molecule has 2 rings (SSSR count). The van der Waals surface area contributed by atoms with Crippen molar-refractivity contribution in [2.75, 3.05) is 0 Å². The van der Waals surface area contributed by atoms with E-state index in [1.165, 1.54) is 0 Å². The number of rotatable bonds is 3. The topological polar surface area (TPSA) is 87.3 Å². The number of carbonyl (C=O) groups excluding carboxylic acids is 1. The lowest BCUT2D eigenvalue weighted by atomic mass is 9.81. The first-order chi connectivity index (χ1) is 8.71. The van der Waals surface area contributed by atoms with E-state index in [0.717, 1.165) is 5.46 Å². The van der Waals surface area contributed by atoms with Gasteiger partial charge in [0, 0.05) is 17.9 Å². The van der Waals surface area contributed by atoms with E-state index in [4.69, 9.17) is 15.0 Å². The lowest BCUT2D eigenvalue weighted by molar-refractivity contribution is -0.117. The summed E-state index contributed by atoms with van der Waals surface area (Å²) in [5.41, 5.74) is 5.02. The third-order valence-corrected chi connectivity index (χ3v) is 3.58. The normalized spacial score (nSPS) is 20.5. The Morgan fingerprint density at radius 3 is 2.11 bits per heavy atom. The fourth-order valence-electron chi connectivity index (χ4n) is 1.71. The van der Waals surface area contributed by atoms with Crippen LogP contribution < -0.4 is 11.2 Å². The van der Waals surface area contributed by atoms with Crippen LogP contribution in [0.5, 0.6) is 0 Å². The second-order valence-corrected chi connectivity index (χ2v) is 5.66.